The molecule has 1 N–H and O–H groups in total. The van der Waals surface area contributed by atoms with E-state index in [2.05, 4.69) is 5.16 Å². The molecule has 3 rings (SSSR count). The third-order valence-electron chi connectivity index (χ3n) is 3.03. The molecule has 2 heterocycles. The highest BCUT2D eigenvalue weighted by Gasteiger charge is 2.25. The molecule has 0 atom stereocenters. The SMILES string of the molecule is Cc1cc(CN2Cc3ccc(F)cc3C2=N)no1. The molecule has 0 bridgehead atoms. The van der Waals surface area contributed by atoms with E-state index < -0.39 is 0 Å². The maximum absolute atomic E-state index is 13.2. The summed E-state index contributed by atoms with van der Waals surface area (Å²) in [4.78, 5) is 1.85. The van der Waals surface area contributed by atoms with Crippen LogP contribution in [0.25, 0.3) is 0 Å². The van der Waals surface area contributed by atoms with Gasteiger partial charge in [-0.25, -0.2) is 4.39 Å². The van der Waals surface area contributed by atoms with Crippen LogP contribution in [0.15, 0.2) is 28.8 Å². The lowest BCUT2D eigenvalue weighted by Gasteiger charge is -2.15. The number of nitrogens with zero attached hydrogens (tertiary/aromatic N) is 2. The standard InChI is InChI=1S/C13H12FN3O/c1-8-4-11(16-18-8)7-17-6-9-2-3-10(14)5-12(9)13(17)15/h2-5,15H,6-7H2,1H3. The molecule has 1 aliphatic rings. The van der Waals surface area contributed by atoms with E-state index in [0.717, 1.165) is 17.0 Å². The van der Waals surface area contributed by atoms with Crippen molar-refractivity contribution in [2.75, 3.05) is 0 Å². The highest BCUT2D eigenvalue weighted by Crippen LogP contribution is 2.24. The fourth-order valence-corrected chi connectivity index (χ4v) is 2.18. The van der Waals surface area contributed by atoms with E-state index in [1.807, 2.05) is 17.9 Å². The van der Waals surface area contributed by atoms with Crippen LogP contribution in [0.4, 0.5) is 4.39 Å². The van der Waals surface area contributed by atoms with E-state index in [9.17, 15) is 4.39 Å². The first-order chi connectivity index (χ1) is 8.63. The number of aryl methyl sites for hydroxylation is 1. The van der Waals surface area contributed by atoms with Crippen molar-refractivity contribution in [2.24, 2.45) is 0 Å². The number of aromatic nitrogens is 1. The maximum Gasteiger partial charge on any atom is 0.133 e. The quantitative estimate of drug-likeness (QED) is 0.884. The average Bonchev–Trinajstić information content (AvgIpc) is 2.86. The van der Waals surface area contributed by atoms with E-state index in [1.54, 1.807) is 6.07 Å². The maximum atomic E-state index is 13.2. The van der Waals surface area contributed by atoms with Crippen LogP contribution in [0, 0.1) is 18.2 Å². The van der Waals surface area contributed by atoms with Gasteiger partial charge >= 0.3 is 0 Å². The molecule has 0 unspecified atom stereocenters. The molecular weight excluding hydrogens is 233 g/mol. The zero-order valence-electron chi connectivity index (χ0n) is 9.90. The number of hydrogen-bond acceptors (Lipinski definition) is 3. The van der Waals surface area contributed by atoms with Crippen molar-refractivity contribution in [2.45, 2.75) is 20.0 Å². The molecule has 1 aromatic heterocycles. The van der Waals surface area contributed by atoms with Crippen LogP contribution in [0.2, 0.25) is 0 Å². The van der Waals surface area contributed by atoms with Gasteiger partial charge in [0.05, 0.1) is 6.54 Å². The number of hydrogen-bond donors (Lipinski definition) is 1. The summed E-state index contributed by atoms with van der Waals surface area (Å²) in [6.07, 6.45) is 0. The minimum absolute atomic E-state index is 0.308. The number of rotatable bonds is 2. The number of benzene rings is 1. The highest BCUT2D eigenvalue weighted by molar-refractivity contribution is 6.00. The molecule has 0 saturated heterocycles. The summed E-state index contributed by atoms with van der Waals surface area (Å²) >= 11 is 0. The Morgan fingerprint density at radius 3 is 3.00 bits per heavy atom. The molecule has 0 radical (unpaired) electrons. The molecule has 0 spiro atoms. The highest BCUT2D eigenvalue weighted by atomic mass is 19.1. The van der Waals surface area contributed by atoms with Crippen LogP contribution >= 0.6 is 0 Å². The molecule has 4 nitrogen and oxygen atoms in total. The summed E-state index contributed by atoms with van der Waals surface area (Å²) < 4.78 is 18.1. The molecule has 0 saturated carbocycles. The number of nitrogens with one attached hydrogen (secondary N) is 1. The van der Waals surface area contributed by atoms with Crippen molar-refractivity contribution in [3.8, 4) is 0 Å². The van der Waals surface area contributed by atoms with E-state index in [-0.39, 0.29) is 5.82 Å². The predicted octanol–water partition coefficient (Wildman–Crippen LogP) is 2.46. The van der Waals surface area contributed by atoms with Crippen molar-refractivity contribution in [1.82, 2.24) is 10.1 Å². The summed E-state index contributed by atoms with van der Waals surface area (Å²) in [6.45, 7) is 2.95. The molecule has 18 heavy (non-hydrogen) atoms. The molecule has 1 aromatic carbocycles. The zero-order valence-corrected chi connectivity index (χ0v) is 9.90. The fourth-order valence-electron chi connectivity index (χ4n) is 2.18. The first kappa shape index (κ1) is 11.0. The normalized spacial score (nSPS) is 14.1. The molecule has 0 aliphatic carbocycles. The van der Waals surface area contributed by atoms with Gasteiger partial charge in [-0.1, -0.05) is 11.2 Å². The number of fused-ring (bicyclic) bond motifs is 1. The first-order valence-corrected chi connectivity index (χ1v) is 5.68. The van der Waals surface area contributed by atoms with Gasteiger partial charge in [-0.2, -0.15) is 0 Å². The van der Waals surface area contributed by atoms with Gasteiger partial charge in [0.15, 0.2) is 0 Å². The third kappa shape index (κ3) is 1.77. The minimum atomic E-state index is -0.308. The van der Waals surface area contributed by atoms with Gasteiger partial charge in [0.25, 0.3) is 0 Å². The molecule has 1 aliphatic heterocycles. The van der Waals surface area contributed by atoms with Crippen LogP contribution in [0.3, 0.4) is 0 Å². The van der Waals surface area contributed by atoms with E-state index in [0.29, 0.717) is 24.5 Å². The largest absolute Gasteiger partial charge is 0.361 e. The summed E-state index contributed by atoms with van der Waals surface area (Å²) in [7, 11) is 0. The Morgan fingerprint density at radius 1 is 1.44 bits per heavy atom. The van der Waals surface area contributed by atoms with Crippen molar-refractivity contribution in [3.05, 3.63) is 52.7 Å². The first-order valence-electron chi connectivity index (χ1n) is 5.68. The van der Waals surface area contributed by atoms with Crippen molar-refractivity contribution in [3.63, 3.8) is 0 Å². The zero-order chi connectivity index (χ0) is 12.7. The van der Waals surface area contributed by atoms with E-state index in [1.165, 1.54) is 12.1 Å². The molecule has 92 valence electrons. The Labute approximate surface area is 104 Å². The number of amidine groups is 1. The van der Waals surface area contributed by atoms with Gasteiger partial charge < -0.3 is 9.42 Å². The van der Waals surface area contributed by atoms with Gasteiger partial charge in [0.1, 0.15) is 23.1 Å². The van der Waals surface area contributed by atoms with E-state index >= 15 is 0 Å². The summed E-state index contributed by atoms with van der Waals surface area (Å²) in [5.74, 6) is 0.780. The van der Waals surface area contributed by atoms with Gasteiger partial charge in [-0.05, 0) is 24.6 Å². The van der Waals surface area contributed by atoms with Gasteiger partial charge in [0, 0.05) is 18.2 Å². The average molecular weight is 245 g/mol. The summed E-state index contributed by atoms with van der Waals surface area (Å²) in [5, 5.41) is 11.9. The molecular formula is C13H12FN3O. The third-order valence-corrected chi connectivity index (χ3v) is 3.03. The van der Waals surface area contributed by atoms with Crippen molar-refractivity contribution in [1.29, 1.82) is 5.41 Å². The van der Waals surface area contributed by atoms with Crippen LogP contribution in [-0.2, 0) is 13.1 Å². The molecule has 0 fully saturated rings. The smallest absolute Gasteiger partial charge is 0.133 e. The van der Waals surface area contributed by atoms with E-state index in [4.69, 9.17) is 9.93 Å². The Kier molecular flexibility index (Phi) is 2.40. The van der Waals surface area contributed by atoms with Gasteiger partial charge in [-0.3, -0.25) is 5.41 Å². The molecule has 0 amide bonds. The Morgan fingerprint density at radius 2 is 2.28 bits per heavy atom. The molecule has 5 heteroatoms. The topological polar surface area (TPSA) is 53.1 Å². The Balaban J connectivity index is 1.84. The predicted molar refractivity (Wildman–Crippen MR) is 63.7 cm³/mol. The number of halogens is 1. The van der Waals surface area contributed by atoms with Crippen LogP contribution in [-0.4, -0.2) is 15.9 Å². The second kappa shape index (κ2) is 3.94. The van der Waals surface area contributed by atoms with Crippen LogP contribution in [0.1, 0.15) is 22.6 Å². The monoisotopic (exact) mass is 245 g/mol. The Hall–Kier alpha value is -2.17. The summed E-state index contributed by atoms with van der Waals surface area (Å²) in [6, 6.07) is 6.41. The molecule has 2 aromatic rings. The fraction of sp³-hybridized carbons (Fsp3) is 0.231. The van der Waals surface area contributed by atoms with Crippen molar-refractivity contribution < 1.29 is 8.91 Å². The van der Waals surface area contributed by atoms with Crippen LogP contribution < -0.4 is 0 Å². The second-order valence-corrected chi connectivity index (χ2v) is 4.44. The lowest BCUT2D eigenvalue weighted by atomic mass is 10.1. The summed E-state index contributed by atoms with van der Waals surface area (Å²) in [5.41, 5.74) is 2.42. The lowest BCUT2D eigenvalue weighted by molar-refractivity contribution is 0.363. The minimum Gasteiger partial charge on any atom is -0.361 e. The lowest BCUT2D eigenvalue weighted by Crippen LogP contribution is -2.23. The van der Waals surface area contributed by atoms with Crippen molar-refractivity contribution >= 4 is 5.84 Å². The van der Waals surface area contributed by atoms with Gasteiger partial charge in [-0.15, -0.1) is 0 Å². The second-order valence-electron chi connectivity index (χ2n) is 4.44. The Bertz CT molecular complexity index is 620. The van der Waals surface area contributed by atoms with Gasteiger partial charge in [0.2, 0.25) is 0 Å². The van der Waals surface area contributed by atoms with Crippen LogP contribution in [0.5, 0.6) is 0 Å².